The maximum absolute atomic E-state index is 12.0. The lowest BCUT2D eigenvalue weighted by Crippen LogP contribution is -2.08. The lowest BCUT2D eigenvalue weighted by atomic mass is 10.1. The Morgan fingerprint density at radius 1 is 1.06 bits per heavy atom. The Bertz CT molecular complexity index is 348. The maximum atomic E-state index is 12.0. The van der Waals surface area contributed by atoms with Gasteiger partial charge in [-0.05, 0) is 24.1 Å². The predicted octanol–water partition coefficient (Wildman–Crippen LogP) is 3.20. The predicted molar refractivity (Wildman–Crippen MR) is 53.9 cm³/mol. The van der Waals surface area contributed by atoms with Crippen molar-refractivity contribution < 1.29 is 22.6 Å². The van der Waals surface area contributed by atoms with Gasteiger partial charge in [0.1, 0.15) is 0 Å². The number of aryl methyl sites for hydroxylation is 1. The van der Waals surface area contributed by atoms with Crippen LogP contribution in [0.5, 0.6) is 11.5 Å². The number of benzene rings is 1. The fourth-order valence-electron chi connectivity index (χ4n) is 1.32. The zero-order valence-electron chi connectivity index (χ0n) is 9.10. The van der Waals surface area contributed by atoms with E-state index >= 15 is 0 Å². The monoisotopic (exact) mass is 234 g/mol. The summed E-state index contributed by atoms with van der Waals surface area (Å²) >= 11 is 0. The number of hydrogen-bond donors (Lipinski definition) is 0. The largest absolute Gasteiger partial charge is 0.493 e. The third-order valence-corrected chi connectivity index (χ3v) is 2.15. The van der Waals surface area contributed by atoms with Gasteiger partial charge in [-0.15, -0.1) is 0 Å². The molecule has 0 N–H and O–H groups in total. The van der Waals surface area contributed by atoms with E-state index in [-0.39, 0.29) is 6.42 Å². The molecule has 1 aromatic carbocycles. The second-order valence-corrected chi connectivity index (χ2v) is 3.30. The molecule has 90 valence electrons. The summed E-state index contributed by atoms with van der Waals surface area (Å²) in [5, 5.41) is 0. The average molecular weight is 234 g/mol. The molecule has 5 heteroatoms. The first-order chi connectivity index (χ1) is 7.46. The van der Waals surface area contributed by atoms with Gasteiger partial charge in [-0.1, -0.05) is 6.07 Å². The fraction of sp³-hybridized carbons (Fsp3) is 0.455. The van der Waals surface area contributed by atoms with Crippen LogP contribution < -0.4 is 9.47 Å². The zero-order chi connectivity index (χ0) is 12.2. The Morgan fingerprint density at radius 2 is 1.69 bits per heavy atom. The van der Waals surface area contributed by atoms with Crippen molar-refractivity contribution in [3.8, 4) is 11.5 Å². The normalized spacial score (nSPS) is 11.3. The van der Waals surface area contributed by atoms with E-state index in [0.29, 0.717) is 17.1 Å². The molecule has 1 rings (SSSR count). The van der Waals surface area contributed by atoms with E-state index in [4.69, 9.17) is 9.47 Å². The van der Waals surface area contributed by atoms with Crippen molar-refractivity contribution >= 4 is 0 Å². The fourth-order valence-corrected chi connectivity index (χ4v) is 1.32. The first-order valence-corrected chi connectivity index (χ1v) is 4.74. The summed E-state index contributed by atoms with van der Waals surface area (Å²) in [6.07, 6.45) is -5.01. The second-order valence-electron chi connectivity index (χ2n) is 3.30. The van der Waals surface area contributed by atoms with E-state index in [1.165, 1.54) is 14.2 Å². The van der Waals surface area contributed by atoms with E-state index < -0.39 is 12.6 Å². The molecule has 0 saturated carbocycles. The van der Waals surface area contributed by atoms with Crippen LogP contribution in [0.15, 0.2) is 18.2 Å². The lowest BCUT2D eigenvalue weighted by molar-refractivity contribution is -0.134. The molecule has 0 aliphatic carbocycles. The van der Waals surface area contributed by atoms with Gasteiger partial charge < -0.3 is 9.47 Å². The summed E-state index contributed by atoms with van der Waals surface area (Å²) in [5.41, 5.74) is 0.579. The van der Waals surface area contributed by atoms with Gasteiger partial charge in [0, 0.05) is 6.42 Å². The molecule has 0 amide bonds. The molecule has 0 aliphatic heterocycles. The van der Waals surface area contributed by atoms with Crippen LogP contribution in [0, 0.1) is 0 Å². The summed E-state index contributed by atoms with van der Waals surface area (Å²) in [6, 6.07) is 4.77. The Hall–Kier alpha value is -1.39. The first-order valence-electron chi connectivity index (χ1n) is 4.74. The van der Waals surface area contributed by atoms with Crippen LogP contribution >= 0.6 is 0 Å². The van der Waals surface area contributed by atoms with Gasteiger partial charge in [-0.2, -0.15) is 13.2 Å². The second kappa shape index (κ2) is 5.09. The van der Waals surface area contributed by atoms with E-state index in [9.17, 15) is 13.2 Å². The molecule has 0 unspecified atom stereocenters. The summed E-state index contributed by atoms with van der Waals surface area (Å²) < 4.78 is 46.0. The van der Waals surface area contributed by atoms with Crippen molar-refractivity contribution in [3.05, 3.63) is 23.8 Å². The highest BCUT2D eigenvalue weighted by molar-refractivity contribution is 5.42. The zero-order valence-corrected chi connectivity index (χ0v) is 9.10. The van der Waals surface area contributed by atoms with Gasteiger partial charge >= 0.3 is 6.18 Å². The van der Waals surface area contributed by atoms with Crippen molar-refractivity contribution in [2.75, 3.05) is 14.2 Å². The summed E-state index contributed by atoms with van der Waals surface area (Å²) in [7, 11) is 2.93. The van der Waals surface area contributed by atoms with Crippen molar-refractivity contribution in [3.63, 3.8) is 0 Å². The molecule has 0 heterocycles. The Labute approximate surface area is 92.0 Å². The Morgan fingerprint density at radius 3 is 2.19 bits per heavy atom. The first kappa shape index (κ1) is 12.7. The van der Waals surface area contributed by atoms with Gasteiger partial charge in [0.25, 0.3) is 0 Å². The van der Waals surface area contributed by atoms with Crippen LogP contribution in [0.1, 0.15) is 12.0 Å². The van der Waals surface area contributed by atoms with E-state index in [2.05, 4.69) is 0 Å². The molecule has 0 atom stereocenters. The van der Waals surface area contributed by atoms with Crippen LogP contribution in [0.3, 0.4) is 0 Å². The van der Waals surface area contributed by atoms with Crippen molar-refractivity contribution in [1.29, 1.82) is 0 Å². The molecule has 0 spiro atoms. The summed E-state index contributed by atoms with van der Waals surface area (Å²) in [6.45, 7) is 0. The van der Waals surface area contributed by atoms with Crippen LogP contribution in [-0.4, -0.2) is 20.4 Å². The maximum Gasteiger partial charge on any atom is 0.389 e. The third-order valence-electron chi connectivity index (χ3n) is 2.15. The van der Waals surface area contributed by atoms with Gasteiger partial charge in [-0.25, -0.2) is 0 Å². The number of hydrogen-bond acceptors (Lipinski definition) is 2. The molecule has 0 bridgehead atoms. The van der Waals surface area contributed by atoms with Gasteiger partial charge in [0.2, 0.25) is 0 Å². The Balaban J connectivity index is 2.75. The summed E-state index contributed by atoms with van der Waals surface area (Å²) in [5.74, 6) is 0.959. The van der Waals surface area contributed by atoms with Gasteiger partial charge in [0.05, 0.1) is 14.2 Å². The van der Waals surface area contributed by atoms with Crippen LogP contribution in [0.4, 0.5) is 13.2 Å². The number of methoxy groups -OCH3 is 2. The number of alkyl halides is 3. The van der Waals surface area contributed by atoms with E-state index in [1.54, 1.807) is 18.2 Å². The molecule has 16 heavy (non-hydrogen) atoms. The lowest BCUT2D eigenvalue weighted by Gasteiger charge is -2.10. The van der Waals surface area contributed by atoms with Crippen LogP contribution in [-0.2, 0) is 6.42 Å². The Kier molecular flexibility index (Phi) is 4.04. The number of rotatable bonds is 4. The molecule has 0 aliphatic rings. The minimum Gasteiger partial charge on any atom is -0.493 e. The quantitative estimate of drug-likeness (QED) is 0.796. The molecule has 0 aromatic heterocycles. The molecular formula is C11H13F3O2. The van der Waals surface area contributed by atoms with Crippen LogP contribution in [0.25, 0.3) is 0 Å². The SMILES string of the molecule is COc1ccc(CCC(F)(F)F)cc1OC. The molecule has 0 saturated heterocycles. The van der Waals surface area contributed by atoms with Crippen molar-refractivity contribution in [2.24, 2.45) is 0 Å². The average Bonchev–Trinajstić information content (AvgIpc) is 2.25. The molecule has 0 fully saturated rings. The van der Waals surface area contributed by atoms with E-state index in [0.717, 1.165) is 0 Å². The van der Waals surface area contributed by atoms with E-state index in [1.807, 2.05) is 0 Å². The molecule has 2 nitrogen and oxygen atoms in total. The summed E-state index contributed by atoms with van der Waals surface area (Å²) in [4.78, 5) is 0. The standard InChI is InChI=1S/C11H13F3O2/c1-15-9-4-3-8(7-10(9)16-2)5-6-11(12,13)14/h3-4,7H,5-6H2,1-2H3. The highest BCUT2D eigenvalue weighted by atomic mass is 19.4. The van der Waals surface area contributed by atoms with Crippen molar-refractivity contribution in [1.82, 2.24) is 0 Å². The number of halogens is 3. The smallest absolute Gasteiger partial charge is 0.389 e. The van der Waals surface area contributed by atoms with Crippen molar-refractivity contribution in [2.45, 2.75) is 19.0 Å². The number of ether oxygens (including phenoxy) is 2. The molecule has 1 aromatic rings. The topological polar surface area (TPSA) is 18.5 Å². The highest BCUT2D eigenvalue weighted by Crippen LogP contribution is 2.29. The minimum atomic E-state index is -4.13. The minimum absolute atomic E-state index is 0.0517. The van der Waals surface area contributed by atoms with Gasteiger partial charge in [-0.3, -0.25) is 0 Å². The molecule has 0 radical (unpaired) electrons. The van der Waals surface area contributed by atoms with Gasteiger partial charge in [0.15, 0.2) is 11.5 Å². The third kappa shape index (κ3) is 3.64. The van der Waals surface area contributed by atoms with Crippen LogP contribution in [0.2, 0.25) is 0 Å². The highest BCUT2D eigenvalue weighted by Gasteiger charge is 2.26. The molecular weight excluding hydrogens is 221 g/mol.